The molecule has 0 fully saturated rings. The number of hydrogen-bond acceptors (Lipinski definition) is 6. The Morgan fingerprint density at radius 1 is 1.32 bits per heavy atom. The lowest BCUT2D eigenvalue weighted by molar-refractivity contribution is 0.102. The van der Waals surface area contributed by atoms with Crippen LogP contribution in [-0.2, 0) is 7.05 Å². The molecule has 0 unspecified atom stereocenters. The normalized spacial score (nSPS) is 10.7. The monoisotopic (exact) mass is 318 g/mol. The van der Waals surface area contributed by atoms with Crippen molar-refractivity contribution in [2.24, 2.45) is 7.05 Å². The van der Waals surface area contributed by atoms with Crippen LogP contribution in [0.5, 0.6) is 11.6 Å². The van der Waals surface area contributed by atoms with Crippen LogP contribution < -0.4 is 14.8 Å². The van der Waals surface area contributed by atoms with E-state index in [1.807, 2.05) is 18.2 Å². The van der Waals surface area contributed by atoms with Crippen LogP contribution in [0.2, 0.25) is 0 Å². The first-order chi connectivity index (χ1) is 10.6. The zero-order valence-corrected chi connectivity index (χ0v) is 13.1. The number of fused-ring (bicyclic) bond motifs is 1. The molecule has 0 bridgehead atoms. The summed E-state index contributed by atoms with van der Waals surface area (Å²) in [5.41, 5.74) is 1.08. The number of thiazole rings is 1. The smallest absolute Gasteiger partial charge is 0.264 e. The summed E-state index contributed by atoms with van der Waals surface area (Å²) >= 11 is 1.38. The molecule has 0 spiro atoms. The van der Waals surface area contributed by atoms with Gasteiger partial charge < -0.3 is 9.47 Å². The number of benzene rings is 1. The molecule has 0 aliphatic heterocycles. The molecule has 1 N–H and O–H groups in total. The van der Waals surface area contributed by atoms with Crippen molar-refractivity contribution in [2.45, 2.75) is 0 Å². The molecule has 0 saturated heterocycles. The summed E-state index contributed by atoms with van der Waals surface area (Å²) in [4.78, 5) is 16.7. The minimum atomic E-state index is -0.317. The lowest BCUT2D eigenvalue weighted by atomic mass is 10.3. The number of amides is 1. The first-order valence-electron chi connectivity index (χ1n) is 6.45. The molecule has 7 nitrogen and oxygen atoms in total. The van der Waals surface area contributed by atoms with Crippen molar-refractivity contribution >= 4 is 32.6 Å². The Hall–Kier alpha value is -2.61. The molecule has 2 heterocycles. The van der Waals surface area contributed by atoms with Gasteiger partial charge in [-0.25, -0.2) is 4.98 Å². The van der Waals surface area contributed by atoms with Crippen LogP contribution in [0, 0.1) is 0 Å². The quantitative estimate of drug-likeness (QED) is 0.798. The summed E-state index contributed by atoms with van der Waals surface area (Å²) in [5.74, 6) is 0.634. The van der Waals surface area contributed by atoms with Gasteiger partial charge in [-0.1, -0.05) is 17.4 Å². The predicted octanol–water partition coefficient (Wildman–Crippen LogP) is 2.30. The molecule has 0 radical (unpaired) electrons. The van der Waals surface area contributed by atoms with E-state index in [0.717, 1.165) is 10.2 Å². The van der Waals surface area contributed by atoms with E-state index in [9.17, 15) is 4.79 Å². The van der Waals surface area contributed by atoms with E-state index >= 15 is 0 Å². The fraction of sp³-hybridized carbons (Fsp3) is 0.214. The SMILES string of the molecule is COc1nn(C)cc1C(=O)Nc1nc2c(OC)cccc2s1. The summed E-state index contributed by atoms with van der Waals surface area (Å²) in [6.07, 6.45) is 1.60. The number of para-hydroxylation sites is 1. The van der Waals surface area contributed by atoms with E-state index in [1.165, 1.54) is 23.1 Å². The maximum Gasteiger partial charge on any atom is 0.264 e. The number of anilines is 1. The van der Waals surface area contributed by atoms with Gasteiger partial charge in [0.05, 0.1) is 18.9 Å². The van der Waals surface area contributed by atoms with Crippen molar-refractivity contribution in [1.82, 2.24) is 14.8 Å². The standard InChI is InChI=1S/C14H14N4O3S/c1-18-7-8(13(17-18)21-3)12(19)16-14-15-11-9(20-2)5-4-6-10(11)22-14/h4-7H,1-3H3,(H,15,16,19). The minimum Gasteiger partial charge on any atom is -0.494 e. The van der Waals surface area contributed by atoms with Gasteiger partial charge in [0.15, 0.2) is 5.13 Å². The second-order valence-electron chi connectivity index (χ2n) is 4.51. The van der Waals surface area contributed by atoms with E-state index in [4.69, 9.17) is 9.47 Å². The van der Waals surface area contributed by atoms with Crippen molar-refractivity contribution in [3.8, 4) is 11.6 Å². The molecule has 22 heavy (non-hydrogen) atoms. The van der Waals surface area contributed by atoms with Gasteiger partial charge in [-0.2, -0.15) is 0 Å². The maximum atomic E-state index is 12.3. The lowest BCUT2D eigenvalue weighted by Crippen LogP contribution is -2.12. The molecule has 8 heteroatoms. The fourth-order valence-corrected chi connectivity index (χ4v) is 2.96. The average molecular weight is 318 g/mol. The number of nitrogens with zero attached hydrogens (tertiary/aromatic N) is 3. The second kappa shape index (κ2) is 5.64. The van der Waals surface area contributed by atoms with E-state index < -0.39 is 0 Å². The zero-order valence-electron chi connectivity index (χ0n) is 12.3. The Balaban J connectivity index is 1.91. The van der Waals surface area contributed by atoms with E-state index in [2.05, 4.69) is 15.4 Å². The minimum absolute atomic E-state index is 0.277. The average Bonchev–Trinajstić information content (AvgIpc) is 3.09. The highest BCUT2D eigenvalue weighted by Crippen LogP contribution is 2.32. The van der Waals surface area contributed by atoms with Gasteiger partial charge in [-0.3, -0.25) is 14.8 Å². The van der Waals surface area contributed by atoms with Crippen molar-refractivity contribution in [3.05, 3.63) is 30.0 Å². The molecule has 1 aromatic carbocycles. The topological polar surface area (TPSA) is 78.3 Å². The van der Waals surface area contributed by atoms with E-state index in [1.54, 1.807) is 20.4 Å². The van der Waals surface area contributed by atoms with E-state index in [-0.39, 0.29) is 11.8 Å². The summed E-state index contributed by atoms with van der Waals surface area (Å²) < 4.78 is 12.8. The Labute approximate surface area is 130 Å². The Morgan fingerprint density at radius 3 is 2.86 bits per heavy atom. The largest absolute Gasteiger partial charge is 0.494 e. The summed E-state index contributed by atoms with van der Waals surface area (Å²) in [6.45, 7) is 0. The zero-order chi connectivity index (χ0) is 15.7. The molecule has 1 amide bonds. The molecule has 2 aromatic heterocycles. The van der Waals surface area contributed by atoms with Crippen molar-refractivity contribution in [2.75, 3.05) is 19.5 Å². The fourth-order valence-electron chi connectivity index (χ4n) is 2.08. The molecule has 3 rings (SSSR count). The van der Waals surface area contributed by atoms with Gasteiger partial charge >= 0.3 is 0 Å². The molecular weight excluding hydrogens is 304 g/mol. The third-order valence-corrected chi connectivity index (χ3v) is 3.99. The van der Waals surface area contributed by atoms with Gasteiger partial charge in [0.1, 0.15) is 16.8 Å². The Bertz CT molecular complexity index is 840. The summed E-state index contributed by atoms with van der Waals surface area (Å²) in [6, 6.07) is 5.64. The van der Waals surface area contributed by atoms with Crippen LogP contribution in [0.25, 0.3) is 10.2 Å². The highest BCUT2D eigenvalue weighted by Gasteiger charge is 2.18. The van der Waals surface area contributed by atoms with Gasteiger partial charge in [0, 0.05) is 13.2 Å². The molecule has 0 aliphatic carbocycles. The predicted molar refractivity (Wildman–Crippen MR) is 83.9 cm³/mol. The molecule has 0 atom stereocenters. The number of methoxy groups -OCH3 is 2. The van der Waals surface area contributed by atoms with Gasteiger partial charge in [-0.05, 0) is 12.1 Å². The van der Waals surface area contributed by atoms with Crippen molar-refractivity contribution < 1.29 is 14.3 Å². The number of nitrogens with one attached hydrogen (secondary N) is 1. The number of aryl methyl sites for hydroxylation is 1. The van der Waals surface area contributed by atoms with Crippen LogP contribution in [0.1, 0.15) is 10.4 Å². The number of carbonyl (C=O) groups excluding carboxylic acids is 1. The summed E-state index contributed by atoms with van der Waals surface area (Å²) in [5, 5.41) is 7.32. The highest BCUT2D eigenvalue weighted by molar-refractivity contribution is 7.22. The van der Waals surface area contributed by atoms with E-state index in [0.29, 0.717) is 16.4 Å². The molecule has 0 saturated carbocycles. The van der Waals surface area contributed by atoms with Crippen molar-refractivity contribution in [1.29, 1.82) is 0 Å². The molecule has 3 aromatic rings. The Kier molecular flexibility index (Phi) is 3.68. The third-order valence-electron chi connectivity index (χ3n) is 3.06. The van der Waals surface area contributed by atoms with Crippen molar-refractivity contribution in [3.63, 3.8) is 0 Å². The van der Waals surface area contributed by atoms with Gasteiger partial charge in [0.25, 0.3) is 5.91 Å². The molecule has 0 aliphatic rings. The van der Waals surface area contributed by atoms with Crippen LogP contribution in [0.15, 0.2) is 24.4 Å². The third kappa shape index (κ3) is 2.48. The highest BCUT2D eigenvalue weighted by atomic mass is 32.1. The lowest BCUT2D eigenvalue weighted by Gasteiger charge is -2.00. The molecule has 114 valence electrons. The summed E-state index contributed by atoms with van der Waals surface area (Å²) in [7, 11) is 4.79. The number of rotatable bonds is 4. The maximum absolute atomic E-state index is 12.3. The number of ether oxygens (including phenoxy) is 2. The van der Waals surface area contributed by atoms with Crippen LogP contribution in [0.3, 0.4) is 0 Å². The van der Waals surface area contributed by atoms with Crippen LogP contribution in [-0.4, -0.2) is 34.9 Å². The number of carbonyl (C=O) groups is 1. The van der Waals surface area contributed by atoms with Gasteiger partial charge in [0.2, 0.25) is 5.88 Å². The van der Waals surface area contributed by atoms with Crippen LogP contribution in [0.4, 0.5) is 5.13 Å². The van der Waals surface area contributed by atoms with Crippen LogP contribution >= 0.6 is 11.3 Å². The molecular formula is C14H14N4O3S. The number of aromatic nitrogens is 3. The number of hydrogen-bond donors (Lipinski definition) is 1. The first kappa shape index (κ1) is 14.3. The second-order valence-corrected chi connectivity index (χ2v) is 5.54. The Morgan fingerprint density at radius 2 is 2.14 bits per heavy atom. The first-order valence-corrected chi connectivity index (χ1v) is 7.26. The van der Waals surface area contributed by atoms with Gasteiger partial charge in [-0.15, -0.1) is 5.10 Å².